The second kappa shape index (κ2) is 6.05. The van der Waals surface area contributed by atoms with Gasteiger partial charge in [0.05, 0.1) is 12.1 Å². The molecule has 4 nitrogen and oxygen atoms in total. The summed E-state index contributed by atoms with van der Waals surface area (Å²) in [6.07, 6.45) is 2.33. The Balaban J connectivity index is 1.78. The molecule has 1 heterocycles. The molecule has 1 saturated heterocycles. The fourth-order valence-electron chi connectivity index (χ4n) is 3.48. The Morgan fingerprint density at radius 3 is 2.57 bits per heavy atom. The molecule has 2 atom stereocenters. The minimum atomic E-state index is -0.428. The van der Waals surface area contributed by atoms with Crippen molar-refractivity contribution >= 4 is 0 Å². The third kappa shape index (κ3) is 3.29. The molecule has 116 valence electrons. The van der Waals surface area contributed by atoms with Gasteiger partial charge in [0.2, 0.25) is 0 Å². The molecule has 2 fully saturated rings. The van der Waals surface area contributed by atoms with Crippen LogP contribution in [-0.4, -0.2) is 60.3 Å². The van der Waals surface area contributed by atoms with Crippen LogP contribution in [-0.2, 0) is 0 Å². The molecular formula is C17H27N3O. The lowest BCUT2D eigenvalue weighted by Crippen LogP contribution is -2.58. The minimum Gasteiger partial charge on any atom is -0.394 e. The topological polar surface area (TPSA) is 52.7 Å². The van der Waals surface area contributed by atoms with Gasteiger partial charge in [-0.3, -0.25) is 4.90 Å². The van der Waals surface area contributed by atoms with E-state index in [0.717, 1.165) is 26.2 Å². The van der Waals surface area contributed by atoms with Crippen molar-refractivity contribution < 1.29 is 5.11 Å². The number of hydrogen-bond donors (Lipinski definition) is 2. The standard InChI is InChI=1S/C17H27N3O/c1-19-9-10-20(12-17(18,13-21)15-7-8-15)16(11-19)14-5-3-2-4-6-14/h2-6,15-16,21H,7-13,18H2,1H3. The smallest absolute Gasteiger partial charge is 0.0626 e. The van der Waals surface area contributed by atoms with Crippen molar-refractivity contribution in [1.82, 2.24) is 9.80 Å². The van der Waals surface area contributed by atoms with Gasteiger partial charge in [-0.05, 0) is 31.4 Å². The Bertz CT molecular complexity index is 462. The van der Waals surface area contributed by atoms with Gasteiger partial charge >= 0.3 is 0 Å². The van der Waals surface area contributed by atoms with E-state index in [1.807, 2.05) is 0 Å². The average Bonchev–Trinajstić information content (AvgIpc) is 3.35. The van der Waals surface area contributed by atoms with Crippen LogP contribution in [0, 0.1) is 5.92 Å². The Labute approximate surface area is 127 Å². The molecule has 0 spiro atoms. The van der Waals surface area contributed by atoms with E-state index in [2.05, 4.69) is 47.2 Å². The van der Waals surface area contributed by atoms with Gasteiger partial charge in [-0.25, -0.2) is 0 Å². The summed E-state index contributed by atoms with van der Waals surface area (Å²) in [7, 11) is 2.18. The van der Waals surface area contributed by atoms with Gasteiger partial charge in [0.25, 0.3) is 0 Å². The molecule has 0 aromatic heterocycles. The van der Waals surface area contributed by atoms with Gasteiger partial charge in [-0.15, -0.1) is 0 Å². The molecule has 0 amide bonds. The van der Waals surface area contributed by atoms with Crippen molar-refractivity contribution in [3.8, 4) is 0 Å². The van der Waals surface area contributed by atoms with Gasteiger partial charge in [0, 0.05) is 32.2 Å². The minimum absolute atomic E-state index is 0.0888. The molecule has 0 radical (unpaired) electrons. The molecule has 2 unspecified atom stereocenters. The maximum absolute atomic E-state index is 9.77. The van der Waals surface area contributed by atoms with Crippen molar-refractivity contribution in [2.45, 2.75) is 24.4 Å². The third-order valence-electron chi connectivity index (χ3n) is 5.06. The molecular weight excluding hydrogens is 262 g/mol. The molecule has 1 aromatic carbocycles. The molecule has 2 aliphatic rings. The molecule has 1 aromatic rings. The van der Waals surface area contributed by atoms with Crippen molar-refractivity contribution in [2.75, 3.05) is 39.8 Å². The van der Waals surface area contributed by atoms with Crippen LogP contribution >= 0.6 is 0 Å². The predicted octanol–water partition coefficient (Wildman–Crippen LogP) is 1.07. The average molecular weight is 289 g/mol. The molecule has 4 heteroatoms. The zero-order chi connectivity index (χ0) is 14.9. The first-order valence-electron chi connectivity index (χ1n) is 8.00. The van der Waals surface area contributed by atoms with E-state index >= 15 is 0 Å². The SMILES string of the molecule is CN1CCN(CC(N)(CO)C2CC2)C(c2ccccc2)C1. The van der Waals surface area contributed by atoms with E-state index in [4.69, 9.17) is 5.73 Å². The van der Waals surface area contributed by atoms with Crippen LogP contribution in [0.15, 0.2) is 30.3 Å². The number of benzene rings is 1. The number of hydrogen-bond acceptors (Lipinski definition) is 4. The summed E-state index contributed by atoms with van der Waals surface area (Å²) in [6, 6.07) is 11.0. The lowest BCUT2D eigenvalue weighted by Gasteiger charge is -2.44. The van der Waals surface area contributed by atoms with Crippen molar-refractivity contribution in [3.05, 3.63) is 35.9 Å². The second-order valence-electron chi connectivity index (χ2n) is 6.82. The molecule has 3 rings (SSSR count). The molecule has 0 bridgehead atoms. The number of nitrogens with two attached hydrogens (primary N) is 1. The van der Waals surface area contributed by atoms with E-state index in [9.17, 15) is 5.11 Å². The number of piperazine rings is 1. The van der Waals surface area contributed by atoms with E-state index in [-0.39, 0.29) is 6.61 Å². The summed E-state index contributed by atoms with van der Waals surface area (Å²) in [4.78, 5) is 4.85. The zero-order valence-corrected chi connectivity index (χ0v) is 12.9. The molecule has 1 saturated carbocycles. The molecule has 3 N–H and O–H groups in total. The summed E-state index contributed by atoms with van der Waals surface area (Å²) < 4.78 is 0. The highest BCUT2D eigenvalue weighted by molar-refractivity contribution is 5.20. The highest BCUT2D eigenvalue weighted by atomic mass is 16.3. The summed E-state index contributed by atoms with van der Waals surface area (Å²) in [5, 5.41) is 9.77. The van der Waals surface area contributed by atoms with Crippen LogP contribution in [0.25, 0.3) is 0 Å². The van der Waals surface area contributed by atoms with E-state index in [1.165, 1.54) is 18.4 Å². The zero-order valence-electron chi connectivity index (χ0n) is 12.9. The Kier molecular flexibility index (Phi) is 4.31. The van der Waals surface area contributed by atoms with Gasteiger partial charge in [-0.1, -0.05) is 30.3 Å². The predicted molar refractivity (Wildman–Crippen MR) is 85.0 cm³/mol. The first-order chi connectivity index (χ1) is 10.1. The van der Waals surface area contributed by atoms with Crippen molar-refractivity contribution in [3.63, 3.8) is 0 Å². The summed E-state index contributed by atoms with van der Waals surface area (Å²) >= 11 is 0. The largest absolute Gasteiger partial charge is 0.394 e. The van der Waals surface area contributed by atoms with E-state index in [1.54, 1.807) is 0 Å². The molecule has 1 aliphatic heterocycles. The van der Waals surface area contributed by atoms with Crippen LogP contribution in [0.2, 0.25) is 0 Å². The highest BCUT2D eigenvalue weighted by Gasteiger charge is 2.44. The van der Waals surface area contributed by atoms with E-state index in [0.29, 0.717) is 12.0 Å². The Morgan fingerprint density at radius 2 is 1.95 bits per heavy atom. The maximum Gasteiger partial charge on any atom is 0.0626 e. The van der Waals surface area contributed by atoms with Crippen LogP contribution in [0.5, 0.6) is 0 Å². The van der Waals surface area contributed by atoms with Gasteiger partial charge in [0.1, 0.15) is 0 Å². The third-order valence-corrected chi connectivity index (χ3v) is 5.06. The number of likely N-dealkylation sites (N-methyl/N-ethyl adjacent to an activating group) is 1. The summed E-state index contributed by atoms with van der Waals surface area (Å²) in [5.41, 5.74) is 7.42. The van der Waals surface area contributed by atoms with Crippen LogP contribution < -0.4 is 5.73 Å². The van der Waals surface area contributed by atoms with Crippen molar-refractivity contribution in [1.29, 1.82) is 0 Å². The van der Waals surface area contributed by atoms with Crippen LogP contribution in [0.1, 0.15) is 24.4 Å². The second-order valence-corrected chi connectivity index (χ2v) is 6.82. The van der Waals surface area contributed by atoms with E-state index < -0.39 is 5.54 Å². The summed E-state index contributed by atoms with van der Waals surface area (Å²) in [6.45, 7) is 3.99. The quantitative estimate of drug-likeness (QED) is 0.851. The molecule has 1 aliphatic carbocycles. The first kappa shape index (κ1) is 15.0. The van der Waals surface area contributed by atoms with Crippen molar-refractivity contribution in [2.24, 2.45) is 11.7 Å². The monoisotopic (exact) mass is 289 g/mol. The Morgan fingerprint density at radius 1 is 1.24 bits per heavy atom. The van der Waals surface area contributed by atoms with Gasteiger partial charge < -0.3 is 15.7 Å². The molecule has 21 heavy (non-hydrogen) atoms. The number of aliphatic hydroxyl groups excluding tert-OH is 1. The lowest BCUT2D eigenvalue weighted by atomic mass is 9.92. The van der Waals surface area contributed by atoms with Crippen LogP contribution in [0.4, 0.5) is 0 Å². The van der Waals surface area contributed by atoms with Gasteiger partial charge in [0.15, 0.2) is 0 Å². The lowest BCUT2D eigenvalue weighted by molar-refractivity contribution is 0.0455. The fourth-order valence-corrected chi connectivity index (χ4v) is 3.48. The number of nitrogens with zero attached hydrogens (tertiary/aromatic N) is 2. The Hall–Kier alpha value is -0.940. The number of aliphatic hydroxyl groups is 1. The fraction of sp³-hybridized carbons (Fsp3) is 0.647. The first-order valence-corrected chi connectivity index (χ1v) is 8.00. The maximum atomic E-state index is 9.77. The number of rotatable bonds is 5. The highest BCUT2D eigenvalue weighted by Crippen LogP contribution is 2.39. The van der Waals surface area contributed by atoms with Crippen LogP contribution in [0.3, 0.4) is 0 Å². The normalized spacial score (nSPS) is 27.5. The van der Waals surface area contributed by atoms with Gasteiger partial charge in [-0.2, -0.15) is 0 Å². The summed E-state index contributed by atoms with van der Waals surface area (Å²) in [5.74, 6) is 0.499.